The summed E-state index contributed by atoms with van der Waals surface area (Å²) < 4.78 is 0. The van der Waals surface area contributed by atoms with Gasteiger partial charge >= 0.3 is 0 Å². The van der Waals surface area contributed by atoms with Crippen LogP contribution in [-0.4, -0.2) is 18.0 Å². The highest BCUT2D eigenvalue weighted by molar-refractivity contribution is 5.79. The second-order valence-corrected chi connectivity index (χ2v) is 5.75. The van der Waals surface area contributed by atoms with Crippen molar-refractivity contribution < 1.29 is 4.92 Å². The van der Waals surface area contributed by atoms with Crippen LogP contribution in [0.1, 0.15) is 19.4 Å². The number of nitro groups is 1. The van der Waals surface area contributed by atoms with Crippen molar-refractivity contribution in [2.24, 2.45) is 0 Å². The molecule has 0 N–H and O–H groups in total. The quantitative estimate of drug-likeness (QED) is 0.605. The molecule has 0 aromatic heterocycles. The smallest absolute Gasteiger partial charge is 0.269 e. The fourth-order valence-corrected chi connectivity index (χ4v) is 2.83. The van der Waals surface area contributed by atoms with Crippen molar-refractivity contribution >= 4 is 17.5 Å². The van der Waals surface area contributed by atoms with Gasteiger partial charge in [-0.1, -0.05) is 17.7 Å². The summed E-state index contributed by atoms with van der Waals surface area (Å²) >= 11 is 0. The highest BCUT2D eigenvalue weighted by Gasteiger charge is 2.19. The molecule has 0 radical (unpaired) electrons. The van der Waals surface area contributed by atoms with E-state index in [1.54, 1.807) is 24.3 Å². The monoisotopic (exact) mass is 294 g/mol. The van der Waals surface area contributed by atoms with Crippen LogP contribution in [0.4, 0.5) is 11.4 Å². The Labute approximate surface area is 129 Å². The van der Waals surface area contributed by atoms with Gasteiger partial charge < -0.3 is 4.90 Å². The lowest BCUT2D eigenvalue weighted by atomic mass is 9.94. The van der Waals surface area contributed by atoms with E-state index in [9.17, 15) is 10.1 Å². The number of hydrogen-bond acceptors (Lipinski definition) is 3. The van der Waals surface area contributed by atoms with E-state index in [0.29, 0.717) is 6.04 Å². The Bertz CT molecular complexity index is 763. The zero-order valence-electron chi connectivity index (χ0n) is 12.9. The van der Waals surface area contributed by atoms with Crippen LogP contribution < -0.4 is 4.90 Å². The molecule has 4 heteroatoms. The Kier molecular flexibility index (Phi) is 3.45. The van der Waals surface area contributed by atoms with E-state index in [1.807, 2.05) is 0 Å². The van der Waals surface area contributed by atoms with Crippen LogP contribution >= 0.6 is 0 Å². The average molecular weight is 294 g/mol. The van der Waals surface area contributed by atoms with Gasteiger partial charge in [0.1, 0.15) is 0 Å². The van der Waals surface area contributed by atoms with Crippen molar-refractivity contribution in [2.75, 3.05) is 11.9 Å². The maximum absolute atomic E-state index is 10.7. The minimum atomic E-state index is -0.376. The molecular weight excluding hydrogens is 276 g/mol. The van der Waals surface area contributed by atoms with Crippen molar-refractivity contribution in [1.29, 1.82) is 0 Å². The summed E-state index contributed by atoms with van der Waals surface area (Å²) in [7, 11) is 2.10. The molecule has 1 aliphatic rings. The number of nitro benzene ring substituents is 1. The summed E-state index contributed by atoms with van der Waals surface area (Å²) in [6, 6.07) is 13.4. The number of likely N-dealkylation sites (N-methyl/N-ethyl adjacent to an activating group) is 1. The molecule has 1 heterocycles. The molecule has 0 saturated carbocycles. The molecule has 4 nitrogen and oxygen atoms in total. The van der Waals surface area contributed by atoms with E-state index in [-0.39, 0.29) is 10.6 Å². The third-order valence-corrected chi connectivity index (χ3v) is 4.44. The molecule has 112 valence electrons. The molecule has 2 aromatic rings. The molecule has 1 atom stereocenters. The van der Waals surface area contributed by atoms with Crippen molar-refractivity contribution in [2.45, 2.75) is 19.9 Å². The molecule has 22 heavy (non-hydrogen) atoms. The van der Waals surface area contributed by atoms with Crippen LogP contribution in [-0.2, 0) is 0 Å². The Balaban J connectivity index is 2.02. The molecular formula is C18H18N2O2. The fraction of sp³-hybridized carbons (Fsp3) is 0.222. The lowest BCUT2D eigenvalue weighted by Gasteiger charge is -2.33. The first-order valence-corrected chi connectivity index (χ1v) is 7.27. The Morgan fingerprint density at radius 3 is 2.36 bits per heavy atom. The first-order chi connectivity index (χ1) is 10.5. The summed E-state index contributed by atoms with van der Waals surface area (Å²) in [6.45, 7) is 4.33. The highest BCUT2D eigenvalue weighted by atomic mass is 16.6. The van der Waals surface area contributed by atoms with Crippen molar-refractivity contribution in [3.8, 4) is 11.1 Å². The summed E-state index contributed by atoms with van der Waals surface area (Å²) in [4.78, 5) is 12.6. The van der Waals surface area contributed by atoms with E-state index in [1.165, 1.54) is 16.8 Å². The Morgan fingerprint density at radius 1 is 1.09 bits per heavy atom. The van der Waals surface area contributed by atoms with Gasteiger partial charge in [-0.2, -0.15) is 0 Å². The zero-order valence-corrected chi connectivity index (χ0v) is 12.9. The number of hydrogen-bond donors (Lipinski definition) is 0. The molecule has 0 bridgehead atoms. The van der Waals surface area contributed by atoms with Gasteiger partial charge in [-0.25, -0.2) is 0 Å². The Morgan fingerprint density at radius 2 is 1.73 bits per heavy atom. The van der Waals surface area contributed by atoms with Gasteiger partial charge in [-0.05, 0) is 54.8 Å². The molecule has 2 aromatic carbocycles. The number of benzene rings is 2. The number of non-ortho nitro benzene ring substituents is 1. The van der Waals surface area contributed by atoms with Gasteiger partial charge in [0.2, 0.25) is 0 Å². The summed E-state index contributed by atoms with van der Waals surface area (Å²) in [6.07, 6.45) is 2.22. The van der Waals surface area contributed by atoms with E-state index in [0.717, 1.165) is 11.1 Å². The second-order valence-electron chi connectivity index (χ2n) is 5.75. The van der Waals surface area contributed by atoms with Crippen LogP contribution in [0, 0.1) is 10.1 Å². The van der Waals surface area contributed by atoms with E-state index in [2.05, 4.69) is 50.1 Å². The first-order valence-electron chi connectivity index (χ1n) is 7.27. The topological polar surface area (TPSA) is 46.4 Å². The van der Waals surface area contributed by atoms with Gasteiger partial charge in [-0.3, -0.25) is 10.1 Å². The average Bonchev–Trinajstić information content (AvgIpc) is 2.52. The van der Waals surface area contributed by atoms with Gasteiger partial charge in [-0.15, -0.1) is 0 Å². The van der Waals surface area contributed by atoms with E-state index < -0.39 is 0 Å². The molecule has 0 saturated heterocycles. The summed E-state index contributed by atoms with van der Waals surface area (Å²) in [5.41, 5.74) is 5.90. The predicted molar refractivity (Wildman–Crippen MR) is 90.0 cm³/mol. The molecule has 0 fully saturated rings. The van der Waals surface area contributed by atoms with Crippen molar-refractivity contribution in [1.82, 2.24) is 0 Å². The standard InChI is InChI=1S/C18H18N2O2/c1-12-10-16-11-15(6-9-18(16)19(3)13(12)2)14-4-7-17(8-5-14)20(21)22/h4-11,13H,1-3H3. The maximum Gasteiger partial charge on any atom is 0.269 e. The lowest BCUT2D eigenvalue weighted by molar-refractivity contribution is -0.384. The maximum atomic E-state index is 10.7. The number of nitrogens with zero attached hydrogens (tertiary/aromatic N) is 2. The zero-order chi connectivity index (χ0) is 15.9. The largest absolute Gasteiger partial charge is 0.368 e. The highest BCUT2D eigenvalue weighted by Crippen LogP contribution is 2.34. The molecule has 0 spiro atoms. The summed E-state index contributed by atoms with van der Waals surface area (Å²) in [5, 5.41) is 10.7. The third-order valence-electron chi connectivity index (χ3n) is 4.44. The predicted octanol–water partition coefficient (Wildman–Crippen LogP) is 4.50. The van der Waals surface area contributed by atoms with Crippen LogP contribution in [0.2, 0.25) is 0 Å². The molecule has 1 aliphatic heterocycles. The Hall–Kier alpha value is -2.62. The van der Waals surface area contributed by atoms with Crippen molar-refractivity contribution in [3.63, 3.8) is 0 Å². The number of anilines is 1. The fourth-order valence-electron chi connectivity index (χ4n) is 2.83. The van der Waals surface area contributed by atoms with Gasteiger partial charge in [0.15, 0.2) is 0 Å². The van der Waals surface area contributed by atoms with Crippen LogP contribution in [0.5, 0.6) is 0 Å². The van der Waals surface area contributed by atoms with Gasteiger partial charge in [0.25, 0.3) is 5.69 Å². The first kappa shape index (κ1) is 14.3. The minimum Gasteiger partial charge on any atom is -0.368 e. The van der Waals surface area contributed by atoms with E-state index in [4.69, 9.17) is 0 Å². The SMILES string of the molecule is CC1=Cc2cc(-c3ccc([N+](=O)[O-])cc3)ccc2N(C)C1C. The third kappa shape index (κ3) is 2.37. The van der Waals surface area contributed by atoms with Crippen molar-refractivity contribution in [3.05, 3.63) is 63.7 Å². The van der Waals surface area contributed by atoms with Gasteiger partial charge in [0.05, 0.1) is 4.92 Å². The molecule has 1 unspecified atom stereocenters. The minimum absolute atomic E-state index is 0.117. The number of fused-ring (bicyclic) bond motifs is 1. The number of rotatable bonds is 2. The van der Waals surface area contributed by atoms with E-state index >= 15 is 0 Å². The second kappa shape index (κ2) is 5.30. The van der Waals surface area contributed by atoms with Gasteiger partial charge in [0, 0.05) is 30.9 Å². The normalized spacial score (nSPS) is 17.0. The lowest BCUT2D eigenvalue weighted by Crippen LogP contribution is -2.32. The van der Waals surface area contributed by atoms with Crippen LogP contribution in [0.15, 0.2) is 48.0 Å². The molecule has 3 rings (SSSR count). The molecule has 0 amide bonds. The van der Waals surface area contributed by atoms with Crippen LogP contribution in [0.3, 0.4) is 0 Å². The van der Waals surface area contributed by atoms with Crippen LogP contribution in [0.25, 0.3) is 17.2 Å². The molecule has 0 aliphatic carbocycles. The summed E-state index contributed by atoms with van der Waals surface area (Å²) in [5.74, 6) is 0.